The van der Waals surface area contributed by atoms with E-state index in [2.05, 4.69) is 25.7 Å². The van der Waals surface area contributed by atoms with Crippen LogP contribution in [0.1, 0.15) is 27.1 Å². The Morgan fingerprint density at radius 3 is 2.70 bits per heavy atom. The number of halogens is 1. The summed E-state index contributed by atoms with van der Waals surface area (Å²) in [5.74, 6) is 0.833. The molecule has 3 heterocycles. The van der Waals surface area contributed by atoms with Gasteiger partial charge >= 0.3 is 0 Å². The normalized spacial score (nSPS) is 11.4. The number of hydrogen-bond donors (Lipinski definition) is 0. The van der Waals surface area contributed by atoms with E-state index >= 15 is 0 Å². The van der Waals surface area contributed by atoms with E-state index in [9.17, 15) is 0 Å². The average Bonchev–Trinajstić information content (AvgIpc) is 3.20. The highest BCUT2D eigenvalue weighted by atomic mass is 35.5. The second-order valence-corrected chi connectivity index (χ2v) is 7.68. The van der Waals surface area contributed by atoms with E-state index in [4.69, 9.17) is 11.6 Å². The lowest BCUT2D eigenvalue weighted by Crippen LogP contribution is -1.99. The van der Waals surface area contributed by atoms with Crippen LogP contribution in [0.5, 0.6) is 0 Å². The molecule has 0 unspecified atom stereocenters. The van der Waals surface area contributed by atoms with Crippen molar-refractivity contribution in [2.75, 3.05) is 0 Å². The minimum Gasteiger partial charge on any atom is -0.246 e. The van der Waals surface area contributed by atoms with Gasteiger partial charge in [0, 0.05) is 23.2 Å². The van der Waals surface area contributed by atoms with Gasteiger partial charge in [0.25, 0.3) is 0 Å². The Hall–Kier alpha value is -1.83. The van der Waals surface area contributed by atoms with Gasteiger partial charge in [-0.05, 0) is 24.6 Å². The monoisotopic (exact) mass is 361 g/mol. The molecule has 0 radical (unpaired) electrons. The molecule has 0 bridgehead atoms. The summed E-state index contributed by atoms with van der Waals surface area (Å²) >= 11 is 9.14. The van der Waals surface area contributed by atoms with Gasteiger partial charge in [-0.3, -0.25) is 0 Å². The molecule has 8 heteroatoms. The summed E-state index contributed by atoms with van der Waals surface area (Å²) in [5.41, 5.74) is 2.19. The van der Waals surface area contributed by atoms with E-state index in [1.165, 1.54) is 0 Å². The van der Waals surface area contributed by atoms with Gasteiger partial charge in [-0.15, -0.1) is 21.5 Å². The summed E-state index contributed by atoms with van der Waals surface area (Å²) in [5, 5.41) is 18.0. The number of aryl methyl sites for hydroxylation is 1. The molecule has 0 aliphatic heterocycles. The van der Waals surface area contributed by atoms with Gasteiger partial charge < -0.3 is 0 Å². The van der Waals surface area contributed by atoms with Gasteiger partial charge in [0.1, 0.15) is 5.01 Å². The number of benzene rings is 1. The first-order valence-electron chi connectivity index (χ1n) is 7.03. The van der Waals surface area contributed by atoms with Gasteiger partial charge in [-0.1, -0.05) is 35.1 Å². The fraction of sp³-hybridized carbons (Fsp3) is 0.200. The number of aromatic nitrogens is 5. The van der Waals surface area contributed by atoms with Crippen LogP contribution in [0.25, 0.3) is 4.96 Å². The summed E-state index contributed by atoms with van der Waals surface area (Å²) in [6.07, 6.45) is 1.41. The molecule has 0 aliphatic carbocycles. The largest absolute Gasteiger partial charge is 0.246 e. The van der Waals surface area contributed by atoms with Crippen molar-refractivity contribution >= 4 is 39.2 Å². The van der Waals surface area contributed by atoms with Crippen LogP contribution in [0.4, 0.5) is 0 Å². The summed E-state index contributed by atoms with van der Waals surface area (Å²) in [6.45, 7) is 2.01. The van der Waals surface area contributed by atoms with E-state index in [1.54, 1.807) is 22.7 Å². The molecule has 4 rings (SSSR count). The summed E-state index contributed by atoms with van der Waals surface area (Å²) in [6, 6.07) is 7.75. The Balaban J connectivity index is 1.60. The molecular formula is C15H12ClN5S2. The molecule has 0 spiro atoms. The number of thiazole rings is 1. The lowest BCUT2D eigenvalue weighted by atomic mass is 10.1. The van der Waals surface area contributed by atoms with Crippen molar-refractivity contribution in [1.29, 1.82) is 0 Å². The lowest BCUT2D eigenvalue weighted by Gasteiger charge is -1.98. The molecule has 116 valence electrons. The van der Waals surface area contributed by atoms with Crippen LogP contribution in [-0.2, 0) is 12.8 Å². The number of fused-ring (bicyclic) bond motifs is 1. The van der Waals surface area contributed by atoms with Gasteiger partial charge in [0.05, 0.1) is 10.7 Å². The van der Waals surface area contributed by atoms with E-state index in [0.29, 0.717) is 6.42 Å². The molecule has 0 amide bonds. The van der Waals surface area contributed by atoms with Crippen molar-refractivity contribution in [2.45, 2.75) is 19.8 Å². The maximum Gasteiger partial charge on any atom is 0.234 e. The minimum atomic E-state index is 0.678. The van der Waals surface area contributed by atoms with Crippen LogP contribution in [0.3, 0.4) is 0 Å². The SMILES string of the molecule is Cc1nc(Cc2nn3c(Cc4ccc(Cl)cc4)nnc3s2)cs1. The van der Waals surface area contributed by atoms with Crippen molar-refractivity contribution in [3.63, 3.8) is 0 Å². The third-order valence-corrected chi connectivity index (χ3v) is 5.34. The Morgan fingerprint density at radius 2 is 1.96 bits per heavy atom. The first-order valence-corrected chi connectivity index (χ1v) is 9.10. The van der Waals surface area contributed by atoms with Crippen molar-refractivity contribution in [1.82, 2.24) is 24.8 Å². The maximum absolute atomic E-state index is 5.92. The predicted octanol–water partition coefficient (Wildman–Crippen LogP) is 3.79. The summed E-state index contributed by atoms with van der Waals surface area (Å²) in [7, 11) is 0. The molecule has 0 aliphatic rings. The fourth-order valence-electron chi connectivity index (χ4n) is 2.31. The van der Waals surface area contributed by atoms with Crippen LogP contribution < -0.4 is 0 Å². The Bertz CT molecular complexity index is 954. The van der Waals surface area contributed by atoms with E-state index in [0.717, 1.165) is 43.5 Å². The van der Waals surface area contributed by atoms with E-state index in [-0.39, 0.29) is 0 Å². The third-order valence-electron chi connectivity index (χ3n) is 3.37. The number of rotatable bonds is 4. The van der Waals surface area contributed by atoms with Crippen LogP contribution in [0.2, 0.25) is 5.02 Å². The molecule has 0 atom stereocenters. The van der Waals surface area contributed by atoms with Crippen molar-refractivity contribution < 1.29 is 0 Å². The maximum atomic E-state index is 5.92. The second-order valence-electron chi connectivity index (χ2n) is 5.14. The first-order chi connectivity index (χ1) is 11.2. The summed E-state index contributed by atoms with van der Waals surface area (Å²) < 4.78 is 1.83. The highest BCUT2D eigenvalue weighted by Gasteiger charge is 2.13. The zero-order chi connectivity index (χ0) is 15.8. The highest BCUT2D eigenvalue weighted by Crippen LogP contribution is 2.20. The first kappa shape index (κ1) is 14.7. The zero-order valence-corrected chi connectivity index (χ0v) is 14.6. The smallest absolute Gasteiger partial charge is 0.234 e. The molecule has 5 nitrogen and oxygen atoms in total. The molecule has 0 N–H and O–H groups in total. The molecule has 23 heavy (non-hydrogen) atoms. The highest BCUT2D eigenvalue weighted by molar-refractivity contribution is 7.16. The number of nitrogens with zero attached hydrogens (tertiary/aromatic N) is 5. The predicted molar refractivity (Wildman–Crippen MR) is 92.6 cm³/mol. The van der Waals surface area contributed by atoms with Gasteiger partial charge in [0.2, 0.25) is 4.96 Å². The molecule has 1 aromatic carbocycles. The quantitative estimate of drug-likeness (QED) is 0.555. The van der Waals surface area contributed by atoms with Crippen LogP contribution >= 0.6 is 34.3 Å². The van der Waals surface area contributed by atoms with Crippen molar-refractivity contribution in [3.8, 4) is 0 Å². The van der Waals surface area contributed by atoms with Crippen LogP contribution in [0, 0.1) is 6.92 Å². The molecule has 3 aromatic heterocycles. The summed E-state index contributed by atoms with van der Waals surface area (Å²) in [4.78, 5) is 5.30. The molecule has 4 aromatic rings. The Morgan fingerprint density at radius 1 is 1.13 bits per heavy atom. The van der Waals surface area contributed by atoms with Crippen molar-refractivity contribution in [2.24, 2.45) is 0 Å². The van der Waals surface area contributed by atoms with Gasteiger partial charge in [-0.25, -0.2) is 4.98 Å². The topological polar surface area (TPSA) is 56.0 Å². The van der Waals surface area contributed by atoms with Gasteiger partial charge in [-0.2, -0.15) is 9.61 Å². The fourth-order valence-corrected chi connectivity index (χ4v) is 3.91. The van der Waals surface area contributed by atoms with E-state index < -0.39 is 0 Å². The Labute approximate surface area is 145 Å². The molecular weight excluding hydrogens is 350 g/mol. The third kappa shape index (κ3) is 3.12. The molecule has 0 saturated carbocycles. The number of hydrogen-bond acceptors (Lipinski definition) is 6. The molecule has 0 saturated heterocycles. The molecule has 0 fully saturated rings. The standard InChI is InChI=1S/C15H12ClN5S2/c1-9-17-12(8-22-9)7-14-20-21-13(18-19-15(21)23-14)6-10-2-4-11(16)5-3-10/h2-5,8H,6-7H2,1H3. The van der Waals surface area contributed by atoms with Crippen LogP contribution in [-0.4, -0.2) is 24.8 Å². The second kappa shape index (κ2) is 5.99. The lowest BCUT2D eigenvalue weighted by molar-refractivity contribution is 0.828. The Kier molecular flexibility index (Phi) is 3.84. The van der Waals surface area contributed by atoms with Crippen LogP contribution in [0.15, 0.2) is 29.6 Å². The van der Waals surface area contributed by atoms with E-state index in [1.807, 2.05) is 35.7 Å². The average molecular weight is 362 g/mol. The zero-order valence-electron chi connectivity index (χ0n) is 12.2. The van der Waals surface area contributed by atoms with Crippen molar-refractivity contribution in [3.05, 3.63) is 61.8 Å². The minimum absolute atomic E-state index is 0.678. The van der Waals surface area contributed by atoms with Gasteiger partial charge in [0.15, 0.2) is 5.82 Å².